The number of hydrogen-bond acceptors (Lipinski definition) is 3. The second-order valence-corrected chi connectivity index (χ2v) is 6.56. The lowest BCUT2D eigenvalue weighted by Crippen LogP contribution is -2.25. The molecule has 136 valence electrons. The Morgan fingerprint density at radius 3 is 2.69 bits per heavy atom. The Morgan fingerprint density at radius 1 is 1.15 bits per heavy atom. The lowest BCUT2D eigenvalue weighted by atomic mass is 10.1. The normalized spacial score (nSPS) is 13.8. The third-order valence-electron chi connectivity index (χ3n) is 4.62. The van der Waals surface area contributed by atoms with Crippen molar-refractivity contribution in [2.24, 2.45) is 0 Å². The molecule has 0 aromatic heterocycles. The fraction of sp³-hybridized carbons (Fsp3) is 0.333. The van der Waals surface area contributed by atoms with Crippen molar-refractivity contribution < 1.29 is 14.3 Å². The van der Waals surface area contributed by atoms with E-state index in [9.17, 15) is 9.59 Å². The molecule has 2 amide bonds. The quantitative estimate of drug-likeness (QED) is 0.859. The van der Waals surface area contributed by atoms with Gasteiger partial charge in [-0.2, -0.15) is 0 Å². The molecule has 26 heavy (non-hydrogen) atoms. The van der Waals surface area contributed by atoms with Crippen molar-refractivity contribution in [3.63, 3.8) is 0 Å². The zero-order chi connectivity index (χ0) is 18.5. The fourth-order valence-corrected chi connectivity index (χ4v) is 3.00. The Morgan fingerprint density at radius 2 is 1.96 bits per heavy atom. The average molecular weight is 352 g/mol. The predicted molar refractivity (Wildman–Crippen MR) is 103 cm³/mol. The SMILES string of the molecule is Cc1ccc(OCCC(=O)Nc2ccccc2N2CCCC2=O)cc1C. The van der Waals surface area contributed by atoms with E-state index in [1.165, 1.54) is 5.56 Å². The zero-order valence-corrected chi connectivity index (χ0v) is 15.2. The van der Waals surface area contributed by atoms with Crippen LogP contribution in [-0.4, -0.2) is 25.0 Å². The first kappa shape index (κ1) is 18.0. The molecule has 2 aromatic carbocycles. The molecule has 1 heterocycles. The predicted octanol–water partition coefficient (Wildman–Crippen LogP) is 3.84. The Labute approximate surface area is 154 Å². The van der Waals surface area contributed by atoms with E-state index >= 15 is 0 Å². The van der Waals surface area contributed by atoms with E-state index in [1.807, 2.05) is 49.4 Å². The van der Waals surface area contributed by atoms with Gasteiger partial charge in [0.15, 0.2) is 0 Å². The van der Waals surface area contributed by atoms with Gasteiger partial charge >= 0.3 is 0 Å². The Balaban J connectivity index is 1.57. The van der Waals surface area contributed by atoms with Crippen molar-refractivity contribution in [1.82, 2.24) is 0 Å². The smallest absolute Gasteiger partial charge is 0.227 e. The van der Waals surface area contributed by atoms with Crippen molar-refractivity contribution >= 4 is 23.2 Å². The molecule has 1 N–H and O–H groups in total. The van der Waals surface area contributed by atoms with Gasteiger partial charge in [0.1, 0.15) is 5.75 Å². The number of carbonyl (C=O) groups is 2. The summed E-state index contributed by atoms with van der Waals surface area (Å²) < 4.78 is 5.67. The van der Waals surface area contributed by atoms with Gasteiger partial charge in [-0.1, -0.05) is 18.2 Å². The van der Waals surface area contributed by atoms with Gasteiger partial charge in [-0.3, -0.25) is 9.59 Å². The number of benzene rings is 2. The van der Waals surface area contributed by atoms with Crippen molar-refractivity contribution in [3.05, 3.63) is 53.6 Å². The highest BCUT2D eigenvalue weighted by Crippen LogP contribution is 2.29. The number of anilines is 2. The van der Waals surface area contributed by atoms with Crippen LogP contribution in [-0.2, 0) is 9.59 Å². The molecule has 1 fully saturated rings. The van der Waals surface area contributed by atoms with E-state index in [2.05, 4.69) is 12.2 Å². The van der Waals surface area contributed by atoms with Crippen LogP contribution < -0.4 is 15.0 Å². The van der Waals surface area contributed by atoms with Crippen LogP contribution in [0.3, 0.4) is 0 Å². The maximum absolute atomic E-state index is 12.3. The number of nitrogens with one attached hydrogen (secondary N) is 1. The molecule has 0 saturated carbocycles. The van der Waals surface area contributed by atoms with E-state index in [0.29, 0.717) is 25.3 Å². The molecule has 5 nitrogen and oxygen atoms in total. The number of nitrogens with zero attached hydrogens (tertiary/aromatic N) is 1. The van der Waals surface area contributed by atoms with E-state index < -0.39 is 0 Å². The van der Waals surface area contributed by atoms with E-state index in [0.717, 1.165) is 23.4 Å². The minimum absolute atomic E-state index is 0.102. The van der Waals surface area contributed by atoms with Crippen LogP contribution in [0.5, 0.6) is 5.75 Å². The molecule has 1 aliphatic rings. The molecule has 0 spiro atoms. The van der Waals surface area contributed by atoms with Crippen LogP contribution in [0.25, 0.3) is 0 Å². The molecule has 1 aliphatic heterocycles. The third kappa shape index (κ3) is 4.23. The van der Waals surface area contributed by atoms with Crippen molar-refractivity contribution in [3.8, 4) is 5.75 Å². The Bertz CT molecular complexity index is 817. The highest BCUT2D eigenvalue weighted by molar-refractivity contribution is 6.02. The molecule has 1 saturated heterocycles. The number of ether oxygens (including phenoxy) is 1. The number of carbonyl (C=O) groups excluding carboxylic acids is 2. The second kappa shape index (κ2) is 8.04. The zero-order valence-electron chi connectivity index (χ0n) is 15.2. The summed E-state index contributed by atoms with van der Waals surface area (Å²) in [6.07, 6.45) is 1.66. The van der Waals surface area contributed by atoms with Crippen molar-refractivity contribution in [2.75, 3.05) is 23.4 Å². The summed E-state index contributed by atoms with van der Waals surface area (Å²) in [5.74, 6) is 0.738. The summed E-state index contributed by atoms with van der Waals surface area (Å²) in [7, 11) is 0. The molecule has 3 rings (SSSR count). The van der Waals surface area contributed by atoms with Gasteiger partial charge in [0.25, 0.3) is 0 Å². The van der Waals surface area contributed by atoms with Crippen LogP contribution >= 0.6 is 0 Å². The number of amides is 2. The summed E-state index contributed by atoms with van der Waals surface area (Å²) in [6, 6.07) is 13.3. The van der Waals surface area contributed by atoms with E-state index in [1.54, 1.807) is 4.90 Å². The minimum Gasteiger partial charge on any atom is -0.493 e. The molecular formula is C21H24N2O3. The van der Waals surface area contributed by atoms with Gasteiger partial charge in [-0.15, -0.1) is 0 Å². The maximum Gasteiger partial charge on any atom is 0.227 e. The van der Waals surface area contributed by atoms with Crippen LogP contribution in [0.4, 0.5) is 11.4 Å². The van der Waals surface area contributed by atoms with Gasteiger partial charge in [0.2, 0.25) is 11.8 Å². The number of para-hydroxylation sites is 2. The Kier molecular flexibility index (Phi) is 5.56. The third-order valence-corrected chi connectivity index (χ3v) is 4.62. The lowest BCUT2D eigenvalue weighted by molar-refractivity contribution is -0.117. The molecule has 0 radical (unpaired) electrons. The summed E-state index contributed by atoms with van der Waals surface area (Å²) in [5.41, 5.74) is 3.80. The first-order valence-electron chi connectivity index (χ1n) is 8.94. The Hall–Kier alpha value is -2.82. The monoisotopic (exact) mass is 352 g/mol. The van der Waals surface area contributed by atoms with Gasteiger partial charge in [-0.25, -0.2) is 0 Å². The van der Waals surface area contributed by atoms with Gasteiger partial charge in [0, 0.05) is 13.0 Å². The molecule has 0 aliphatic carbocycles. The topological polar surface area (TPSA) is 58.6 Å². The van der Waals surface area contributed by atoms with E-state index in [4.69, 9.17) is 4.74 Å². The summed E-state index contributed by atoms with van der Waals surface area (Å²) in [6.45, 7) is 5.08. The lowest BCUT2D eigenvalue weighted by Gasteiger charge is -2.20. The summed E-state index contributed by atoms with van der Waals surface area (Å²) in [5, 5.41) is 2.90. The molecule has 5 heteroatoms. The molecule has 0 atom stereocenters. The largest absolute Gasteiger partial charge is 0.493 e. The van der Waals surface area contributed by atoms with Crippen LogP contribution in [0, 0.1) is 13.8 Å². The van der Waals surface area contributed by atoms with Gasteiger partial charge < -0.3 is 15.0 Å². The highest BCUT2D eigenvalue weighted by Gasteiger charge is 2.24. The number of rotatable bonds is 6. The summed E-state index contributed by atoms with van der Waals surface area (Å²) >= 11 is 0. The van der Waals surface area contributed by atoms with Gasteiger partial charge in [0.05, 0.1) is 24.4 Å². The standard InChI is InChI=1S/C21H24N2O3/c1-15-9-10-17(14-16(15)2)26-13-11-20(24)22-18-6-3-4-7-19(18)23-12-5-8-21(23)25/h3-4,6-7,9-10,14H,5,8,11-13H2,1-2H3,(H,22,24). The van der Waals surface area contributed by atoms with Crippen LogP contribution in [0.15, 0.2) is 42.5 Å². The maximum atomic E-state index is 12.3. The minimum atomic E-state index is -0.132. The first-order valence-corrected chi connectivity index (χ1v) is 8.94. The highest BCUT2D eigenvalue weighted by atomic mass is 16.5. The van der Waals surface area contributed by atoms with Crippen LogP contribution in [0.1, 0.15) is 30.4 Å². The number of hydrogen-bond donors (Lipinski definition) is 1. The molecular weight excluding hydrogens is 328 g/mol. The second-order valence-electron chi connectivity index (χ2n) is 6.56. The number of aryl methyl sites for hydroxylation is 2. The summed E-state index contributed by atoms with van der Waals surface area (Å²) in [4.78, 5) is 26.0. The molecule has 0 bridgehead atoms. The van der Waals surface area contributed by atoms with Crippen LogP contribution in [0.2, 0.25) is 0 Å². The van der Waals surface area contributed by atoms with Crippen molar-refractivity contribution in [1.29, 1.82) is 0 Å². The van der Waals surface area contributed by atoms with Gasteiger partial charge in [-0.05, 0) is 55.7 Å². The average Bonchev–Trinajstić information content (AvgIpc) is 3.04. The molecule has 2 aromatic rings. The van der Waals surface area contributed by atoms with Crippen molar-refractivity contribution in [2.45, 2.75) is 33.1 Å². The molecule has 0 unspecified atom stereocenters. The van der Waals surface area contributed by atoms with E-state index in [-0.39, 0.29) is 18.2 Å². The first-order chi connectivity index (χ1) is 12.5. The fourth-order valence-electron chi connectivity index (χ4n) is 3.00.